The van der Waals surface area contributed by atoms with Gasteiger partial charge in [-0.15, -0.1) is 0 Å². The number of nitro groups is 1. The number of nitrogens with one attached hydrogen (secondary N) is 2. The third-order valence-electron chi connectivity index (χ3n) is 4.94. The van der Waals surface area contributed by atoms with Crippen molar-refractivity contribution in [2.24, 2.45) is 0 Å². The molecule has 3 aromatic carbocycles. The molecule has 0 saturated carbocycles. The molecule has 0 aliphatic heterocycles. The minimum absolute atomic E-state index is 0.0430. The number of nitro benzene ring substituents is 1. The zero-order valence-corrected chi connectivity index (χ0v) is 20.9. The predicted octanol–water partition coefficient (Wildman–Crippen LogP) is 4.38. The van der Waals surface area contributed by atoms with Crippen LogP contribution in [-0.4, -0.2) is 37.9 Å². The second-order valence-electron chi connectivity index (χ2n) is 8.86. The first-order valence-corrected chi connectivity index (χ1v) is 12.2. The van der Waals surface area contributed by atoms with Gasteiger partial charge in [0.1, 0.15) is 0 Å². The number of benzene rings is 3. The van der Waals surface area contributed by atoms with Gasteiger partial charge in [0, 0.05) is 28.8 Å². The van der Waals surface area contributed by atoms with E-state index in [2.05, 4.69) is 14.8 Å². The lowest BCUT2D eigenvalue weighted by Gasteiger charge is -2.21. The number of sulfonamides is 1. The molecular formula is C25H25N3O7S. The summed E-state index contributed by atoms with van der Waals surface area (Å²) in [4.78, 5) is 35.5. The number of amides is 1. The van der Waals surface area contributed by atoms with Crippen LogP contribution in [0.4, 0.5) is 11.4 Å². The third-order valence-corrected chi connectivity index (χ3v) is 6.76. The summed E-state index contributed by atoms with van der Waals surface area (Å²) in [5.41, 5.74) is 0.0983. The average Bonchev–Trinajstić information content (AvgIpc) is 2.82. The lowest BCUT2D eigenvalue weighted by Crippen LogP contribution is -2.40. The summed E-state index contributed by atoms with van der Waals surface area (Å²) < 4.78 is 33.2. The zero-order valence-electron chi connectivity index (χ0n) is 20.1. The smallest absolute Gasteiger partial charge is 0.339 e. The SMILES string of the molecule is COC(=O)c1ccc([N+](=O)[O-])cc1NC(=O)c1ccc(-c2ccccc2S(=O)(=O)NC(C)(C)C)cc1. The van der Waals surface area contributed by atoms with Crippen LogP contribution in [0.25, 0.3) is 11.1 Å². The highest BCUT2D eigenvalue weighted by Crippen LogP contribution is 2.29. The first-order valence-electron chi connectivity index (χ1n) is 10.7. The number of non-ortho nitro benzene ring substituents is 1. The van der Waals surface area contributed by atoms with Crippen LogP contribution in [0.15, 0.2) is 71.6 Å². The summed E-state index contributed by atoms with van der Waals surface area (Å²) in [6, 6.07) is 16.1. The highest BCUT2D eigenvalue weighted by atomic mass is 32.2. The normalized spacial score (nSPS) is 11.6. The maximum absolute atomic E-state index is 12.9. The molecular weight excluding hydrogens is 486 g/mol. The molecule has 0 aliphatic rings. The molecule has 0 atom stereocenters. The van der Waals surface area contributed by atoms with E-state index in [1.807, 2.05) is 0 Å². The minimum Gasteiger partial charge on any atom is -0.465 e. The van der Waals surface area contributed by atoms with Gasteiger partial charge < -0.3 is 10.1 Å². The molecule has 0 aromatic heterocycles. The number of carbonyl (C=O) groups is 2. The van der Waals surface area contributed by atoms with E-state index in [0.717, 1.165) is 19.2 Å². The fraction of sp³-hybridized carbons (Fsp3) is 0.200. The molecule has 0 aliphatic carbocycles. The van der Waals surface area contributed by atoms with E-state index in [-0.39, 0.29) is 27.4 Å². The lowest BCUT2D eigenvalue weighted by atomic mass is 10.0. The van der Waals surface area contributed by atoms with Crippen LogP contribution in [0, 0.1) is 10.1 Å². The molecule has 3 aromatic rings. The summed E-state index contributed by atoms with van der Waals surface area (Å²) in [6.45, 7) is 5.23. The minimum atomic E-state index is -3.82. The number of ether oxygens (including phenoxy) is 1. The van der Waals surface area contributed by atoms with Gasteiger partial charge in [-0.3, -0.25) is 14.9 Å². The Balaban J connectivity index is 1.92. The number of hydrogen-bond acceptors (Lipinski definition) is 7. The van der Waals surface area contributed by atoms with Crippen LogP contribution in [0.2, 0.25) is 0 Å². The van der Waals surface area contributed by atoms with Gasteiger partial charge in [-0.05, 0) is 50.6 Å². The van der Waals surface area contributed by atoms with Crippen molar-refractivity contribution in [2.45, 2.75) is 31.2 Å². The van der Waals surface area contributed by atoms with Crippen molar-refractivity contribution >= 4 is 33.3 Å². The van der Waals surface area contributed by atoms with Crippen LogP contribution in [-0.2, 0) is 14.8 Å². The standard InChI is InChI=1S/C25H25N3O7S/c1-25(2,3)27-36(33,34)22-8-6-5-7-19(22)16-9-11-17(12-10-16)23(29)26-21-15-18(28(31)32)13-14-20(21)24(30)35-4/h5-15,27H,1-4H3,(H,26,29). The quantitative estimate of drug-likeness (QED) is 0.272. The summed E-state index contributed by atoms with van der Waals surface area (Å²) in [5.74, 6) is -1.39. The van der Waals surface area contributed by atoms with Crippen molar-refractivity contribution in [1.82, 2.24) is 4.72 Å². The molecule has 0 heterocycles. The molecule has 0 radical (unpaired) electrons. The topological polar surface area (TPSA) is 145 Å². The van der Waals surface area contributed by atoms with Crippen molar-refractivity contribution in [3.05, 3.63) is 88.0 Å². The van der Waals surface area contributed by atoms with Gasteiger partial charge in [0.15, 0.2) is 0 Å². The lowest BCUT2D eigenvalue weighted by molar-refractivity contribution is -0.384. The molecule has 3 rings (SSSR count). The van der Waals surface area contributed by atoms with Gasteiger partial charge in [0.25, 0.3) is 11.6 Å². The van der Waals surface area contributed by atoms with Crippen molar-refractivity contribution in [1.29, 1.82) is 0 Å². The second-order valence-corrected chi connectivity index (χ2v) is 10.5. The van der Waals surface area contributed by atoms with E-state index in [1.165, 1.54) is 24.3 Å². The first-order chi connectivity index (χ1) is 16.8. The number of esters is 1. The van der Waals surface area contributed by atoms with E-state index in [1.54, 1.807) is 51.1 Å². The molecule has 0 unspecified atom stereocenters. The number of nitrogens with zero attached hydrogens (tertiary/aromatic N) is 1. The van der Waals surface area contributed by atoms with Gasteiger partial charge >= 0.3 is 5.97 Å². The Morgan fingerprint density at radius 3 is 2.19 bits per heavy atom. The Morgan fingerprint density at radius 1 is 0.972 bits per heavy atom. The Kier molecular flexibility index (Phi) is 7.56. The third kappa shape index (κ3) is 6.12. The van der Waals surface area contributed by atoms with Crippen molar-refractivity contribution in [2.75, 3.05) is 12.4 Å². The number of anilines is 1. The number of carbonyl (C=O) groups excluding carboxylic acids is 2. The molecule has 1 amide bonds. The maximum Gasteiger partial charge on any atom is 0.339 e. The largest absolute Gasteiger partial charge is 0.465 e. The number of rotatable bonds is 7. The van der Waals surface area contributed by atoms with Gasteiger partial charge in [-0.25, -0.2) is 17.9 Å². The van der Waals surface area contributed by atoms with Crippen LogP contribution >= 0.6 is 0 Å². The molecule has 10 nitrogen and oxygen atoms in total. The first kappa shape index (κ1) is 26.5. The van der Waals surface area contributed by atoms with Crippen LogP contribution in [0.1, 0.15) is 41.5 Å². The van der Waals surface area contributed by atoms with Crippen LogP contribution in [0.5, 0.6) is 0 Å². The zero-order chi connectivity index (χ0) is 26.7. The Bertz CT molecular complexity index is 1430. The van der Waals surface area contributed by atoms with Gasteiger partial charge in [0.2, 0.25) is 10.0 Å². The van der Waals surface area contributed by atoms with Gasteiger partial charge in [-0.2, -0.15) is 0 Å². The highest BCUT2D eigenvalue weighted by Gasteiger charge is 2.25. The Hall–Kier alpha value is -4.09. The second kappa shape index (κ2) is 10.3. The monoisotopic (exact) mass is 511 g/mol. The van der Waals surface area contributed by atoms with Crippen molar-refractivity contribution in [3.63, 3.8) is 0 Å². The molecule has 188 valence electrons. The fourth-order valence-electron chi connectivity index (χ4n) is 3.43. The summed E-state index contributed by atoms with van der Waals surface area (Å²) in [7, 11) is -2.66. The van der Waals surface area contributed by atoms with Gasteiger partial charge in [-0.1, -0.05) is 30.3 Å². The fourth-order valence-corrected chi connectivity index (χ4v) is 5.08. The molecule has 0 spiro atoms. The highest BCUT2D eigenvalue weighted by molar-refractivity contribution is 7.89. The van der Waals surface area contributed by atoms with Crippen molar-refractivity contribution in [3.8, 4) is 11.1 Å². The molecule has 0 saturated heterocycles. The van der Waals surface area contributed by atoms with Crippen LogP contribution in [0.3, 0.4) is 0 Å². The van der Waals surface area contributed by atoms with Crippen LogP contribution < -0.4 is 10.0 Å². The Labute approximate surface area is 208 Å². The molecule has 0 fully saturated rings. The van der Waals surface area contributed by atoms with E-state index in [9.17, 15) is 28.1 Å². The summed E-state index contributed by atoms with van der Waals surface area (Å²) >= 11 is 0. The van der Waals surface area contributed by atoms with E-state index >= 15 is 0 Å². The average molecular weight is 512 g/mol. The van der Waals surface area contributed by atoms with Crippen molar-refractivity contribution < 1.29 is 27.7 Å². The predicted molar refractivity (Wildman–Crippen MR) is 134 cm³/mol. The summed E-state index contributed by atoms with van der Waals surface area (Å²) in [5, 5.41) is 13.6. The van der Waals surface area contributed by atoms with Gasteiger partial charge in [0.05, 0.1) is 28.2 Å². The summed E-state index contributed by atoms with van der Waals surface area (Å²) in [6.07, 6.45) is 0. The number of methoxy groups -OCH3 is 1. The van der Waals surface area contributed by atoms with E-state index in [0.29, 0.717) is 11.1 Å². The van der Waals surface area contributed by atoms with E-state index < -0.39 is 32.4 Å². The molecule has 0 bridgehead atoms. The molecule has 11 heteroatoms. The molecule has 36 heavy (non-hydrogen) atoms. The number of hydrogen-bond donors (Lipinski definition) is 2. The maximum atomic E-state index is 12.9. The molecule has 2 N–H and O–H groups in total. The Morgan fingerprint density at radius 2 is 1.61 bits per heavy atom. The van der Waals surface area contributed by atoms with E-state index in [4.69, 9.17) is 0 Å².